The summed E-state index contributed by atoms with van der Waals surface area (Å²) in [5.74, 6) is 0.816. The summed E-state index contributed by atoms with van der Waals surface area (Å²) >= 11 is 0. The van der Waals surface area contributed by atoms with Crippen molar-refractivity contribution in [2.24, 2.45) is 11.8 Å². The summed E-state index contributed by atoms with van der Waals surface area (Å²) in [6.07, 6.45) is 3.20. The van der Waals surface area contributed by atoms with Crippen LogP contribution in [0.3, 0.4) is 0 Å². The minimum absolute atomic E-state index is 0.237. The normalized spacial score (nSPS) is 33.4. The Morgan fingerprint density at radius 2 is 2.40 bits per heavy atom. The Hall–Kier alpha value is -0.770. The molecule has 0 N–H and O–H groups in total. The predicted molar refractivity (Wildman–Crippen MR) is 41.3 cm³/mol. The van der Waals surface area contributed by atoms with Gasteiger partial charge in [0, 0.05) is 0 Å². The monoisotopic (exact) mass is 135 g/mol. The molecule has 2 atom stereocenters. The maximum Gasteiger partial charge on any atom is 0.0661 e. The topological polar surface area (TPSA) is 23.8 Å². The predicted octanol–water partition coefficient (Wildman–Crippen LogP) is 2.50. The van der Waals surface area contributed by atoms with E-state index in [9.17, 15) is 0 Å². The molecular formula is C9H13N. The van der Waals surface area contributed by atoms with Crippen LogP contribution in [0.5, 0.6) is 0 Å². The molecule has 1 aliphatic rings. The zero-order valence-electron chi connectivity index (χ0n) is 6.43. The molecule has 0 spiro atoms. The van der Waals surface area contributed by atoms with Gasteiger partial charge in [0.1, 0.15) is 0 Å². The second-order valence-corrected chi connectivity index (χ2v) is 3.21. The number of hydrogen-bond acceptors (Lipinski definition) is 1. The summed E-state index contributed by atoms with van der Waals surface area (Å²) in [5.41, 5.74) is 1.25. The summed E-state index contributed by atoms with van der Waals surface area (Å²) in [6.45, 7) is 6.05. The Labute approximate surface area is 62.4 Å². The summed E-state index contributed by atoms with van der Waals surface area (Å²) in [7, 11) is 0. The van der Waals surface area contributed by atoms with E-state index in [1.165, 1.54) is 5.57 Å². The van der Waals surface area contributed by atoms with E-state index in [1.807, 2.05) is 0 Å². The summed E-state index contributed by atoms with van der Waals surface area (Å²) < 4.78 is 0. The average molecular weight is 135 g/mol. The number of rotatable bonds is 0. The van der Waals surface area contributed by atoms with E-state index in [1.54, 1.807) is 0 Å². The van der Waals surface area contributed by atoms with Crippen molar-refractivity contribution in [3.05, 3.63) is 12.2 Å². The molecule has 1 saturated carbocycles. The molecule has 0 aliphatic heterocycles. The summed E-state index contributed by atoms with van der Waals surface area (Å²) in [5, 5.41) is 8.69. The molecule has 2 unspecified atom stereocenters. The van der Waals surface area contributed by atoms with Gasteiger partial charge in [-0.1, -0.05) is 19.1 Å². The van der Waals surface area contributed by atoms with Gasteiger partial charge in [-0.25, -0.2) is 0 Å². The van der Waals surface area contributed by atoms with Crippen molar-refractivity contribution in [2.45, 2.75) is 26.2 Å². The average Bonchev–Trinajstić information content (AvgIpc) is 1.94. The van der Waals surface area contributed by atoms with E-state index >= 15 is 0 Å². The lowest BCUT2D eigenvalue weighted by Crippen LogP contribution is -2.15. The highest BCUT2D eigenvalue weighted by atomic mass is 14.3. The fraction of sp³-hybridized carbons (Fsp3) is 0.667. The van der Waals surface area contributed by atoms with E-state index in [2.05, 4.69) is 19.6 Å². The van der Waals surface area contributed by atoms with Crippen LogP contribution in [0, 0.1) is 23.2 Å². The molecule has 0 saturated heterocycles. The van der Waals surface area contributed by atoms with Crippen LogP contribution in [0.15, 0.2) is 12.2 Å². The molecule has 1 fully saturated rings. The molecule has 10 heavy (non-hydrogen) atoms. The molecule has 1 heteroatoms. The third kappa shape index (κ3) is 1.39. The van der Waals surface area contributed by atoms with Crippen LogP contribution in [-0.2, 0) is 0 Å². The maximum absolute atomic E-state index is 8.69. The van der Waals surface area contributed by atoms with E-state index in [-0.39, 0.29) is 5.92 Å². The van der Waals surface area contributed by atoms with Gasteiger partial charge in [-0.2, -0.15) is 5.26 Å². The molecular weight excluding hydrogens is 122 g/mol. The van der Waals surface area contributed by atoms with Gasteiger partial charge in [-0.05, 0) is 25.2 Å². The van der Waals surface area contributed by atoms with Gasteiger partial charge in [0.05, 0.1) is 12.0 Å². The van der Waals surface area contributed by atoms with E-state index in [4.69, 9.17) is 5.26 Å². The van der Waals surface area contributed by atoms with Crippen LogP contribution < -0.4 is 0 Å². The van der Waals surface area contributed by atoms with Crippen molar-refractivity contribution in [3.63, 3.8) is 0 Å². The van der Waals surface area contributed by atoms with Gasteiger partial charge in [0.2, 0.25) is 0 Å². The molecule has 0 aromatic carbocycles. The Morgan fingerprint density at radius 1 is 1.70 bits per heavy atom. The Balaban J connectivity index is 2.56. The first kappa shape index (κ1) is 7.34. The fourth-order valence-corrected chi connectivity index (χ4v) is 1.42. The van der Waals surface area contributed by atoms with Crippen molar-refractivity contribution in [1.82, 2.24) is 0 Å². The van der Waals surface area contributed by atoms with Crippen molar-refractivity contribution in [1.29, 1.82) is 5.26 Å². The molecule has 0 aromatic rings. The van der Waals surface area contributed by atoms with Crippen LogP contribution in [0.1, 0.15) is 26.2 Å². The first-order chi connectivity index (χ1) is 4.74. The molecule has 1 rings (SSSR count). The van der Waals surface area contributed by atoms with E-state index in [0.29, 0.717) is 5.92 Å². The molecule has 0 amide bonds. The van der Waals surface area contributed by atoms with Gasteiger partial charge < -0.3 is 0 Å². The van der Waals surface area contributed by atoms with E-state index in [0.717, 1.165) is 19.3 Å². The molecule has 0 bridgehead atoms. The smallest absolute Gasteiger partial charge is 0.0661 e. The lowest BCUT2D eigenvalue weighted by atomic mass is 9.79. The molecule has 0 heterocycles. The number of allylic oxidation sites excluding steroid dienone is 1. The van der Waals surface area contributed by atoms with Gasteiger partial charge in [-0.3, -0.25) is 0 Å². The lowest BCUT2D eigenvalue weighted by molar-refractivity contribution is 0.365. The third-order valence-corrected chi connectivity index (χ3v) is 2.31. The Bertz CT molecular complexity index is 176. The Morgan fingerprint density at radius 3 is 2.90 bits per heavy atom. The number of nitrogens with zero attached hydrogens (tertiary/aromatic N) is 1. The van der Waals surface area contributed by atoms with Gasteiger partial charge in [-0.15, -0.1) is 0 Å². The second kappa shape index (κ2) is 2.88. The van der Waals surface area contributed by atoms with E-state index < -0.39 is 0 Å². The largest absolute Gasteiger partial charge is 0.198 e. The molecule has 0 radical (unpaired) electrons. The van der Waals surface area contributed by atoms with Crippen molar-refractivity contribution >= 4 is 0 Å². The lowest BCUT2D eigenvalue weighted by Gasteiger charge is -2.24. The SMILES string of the molecule is C=C1CCC(C)C(C#N)C1. The van der Waals surface area contributed by atoms with Crippen molar-refractivity contribution < 1.29 is 0 Å². The van der Waals surface area contributed by atoms with Crippen LogP contribution in [0.4, 0.5) is 0 Å². The summed E-state index contributed by atoms with van der Waals surface area (Å²) in [4.78, 5) is 0. The first-order valence-electron chi connectivity index (χ1n) is 3.80. The fourth-order valence-electron chi connectivity index (χ4n) is 1.42. The highest BCUT2D eigenvalue weighted by Gasteiger charge is 2.22. The summed E-state index contributed by atoms with van der Waals surface area (Å²) in [6, 6.07) is 2.32. The molecule has 1 nitrogen and oxygen atoms in total. The number of nitriles is 1. The minimum Gasteiger partial charge on any atom is -0.198 e. The molecule has 1 aliphatic carbocycles. The second-order valence-electron chi connectivity index (χ2n) is 3.21. The minimum atomic E-state index is 0.237. The van der Waals surface area contributed by atoms with Crippen molar-refractivity contribution in [3.8, 4) is 6.07 Å². The van der Waals surface area contributed by atoms with Gasteiger partial charge in [0.25, 0.3) is 0 Å². The van der Waals surface area contributed by atoms with Crippen LogP contribution >= 0.6 is 0 Å². The quantitative estimate of drug-likeness (QED) is 0.468. The van der Waals surface area contributed by atoms with Crippen molar-refractivity contribution in [2.75, 3.05) is 0 Å². The number of hydrogen-bond donors (Lipinski definition) is 0. The highest BCUT2D eigenvalue weighted by molar-refractivity contribution is 5.06. The first-order valence-corrected chi connectivity index (χ1v) is 3.80. The van der Waals surface area contributed by atoms with Crippen LogP contribution in [0.2, 0.25) is 0 Å². The third-order valence-electron chi connectivity index (χ3n) is 2.31. The zero-order valence-corrected chi connectivity index (χ0v) is 6.43. The van der Waals surface area contributed by atoms with Crippen LogP contribution in [-0.4, -0.2) is 0 Å². The standard InChI is InChI=1S/C9H13N/c1-7-3-4-8(2)9(5-7)6-10/h8-9H,1,3-5H2,2H3. The van der Waals surface area contributed by atoms with Gasteiger partial charge >= 0.3 is 0 Å². The van der Waals surface area contributed by atoms with Gasteiger partial charge in [0.15, 0.2) is 0 Å². The van der Waals surface area contributed by atoms with Crippen LogP contribution in [0.25, 0.3) is 0 Å². The zero-order chi connectivity index (χ0) is 7.56. The highest BCUT2D eigenvalue weighted by Crippen LogP contribution is 2.31. The molecule has 54 valence electrons. The maximum atomic E-state index is 8.69. The Kier molecular flexibility index (Phi) is 2.11. The molecule has 0 aromatic heterocycles.